The van der Waals surface area contributed by atoms with E-state index in [4.69, 9.17) is 9.15 Å². The van der Waals surface area contributed by atoms with Crippen molar-refractivity contribution < 1.29 is 13.9 Å². The topological polar surface area (TPSA) is 39.4 Å². The zero-order valence-electron chi connectivity index (χ0n) is 10.4. The number of ketones is 1. The second-order valence-electron chi connectivity index (χ2n) is 3.90. The van der Waals surface area contributed by atoms with Crippen molar-refractivity contribution in [3.8, 4) is 5.75 Å². The SMILES string of the molecule is CCOc1ccc2oc(C)c(C(=O)CC)c2c1. The van der Waals surface area contributed by atoms with E-state index >= 15 is 0 Å². The zero-order valence-corrected chi connectivity index (χ0v) is 10.4. The summed E-state index contributed by atoms with van der Waals surface area (Å²) in [4.78, 5) is 11.9. The van der Waals surface area contributed by atoms with E-state index in [2.05, 4.69) is 0 Å². The van der Waals surface area contributed by atoms with Crippen LogP contribution in [0.3, 0.4) is 0 Å². The summed E-state index contributed by atoms with van der Waals surface area (Å²) >= 11 is 0. The smallest absolute Gasteiger partial charge is 0.166 e. The maximum atomic E-state index is 11.9. The van der Waals surface area contributed by atoms with Crippen molar-refractivity contribution in [1.29, 1.82) is 0 Å². The lowest BCUT2D eigenvalue weighted by molar-refractivity contribution is 0.0988. The molecule has 0 amide bonds. The van der Waals surface area contributed by atoms with Crippen LogP contribution >= 0.6 is 0 Å². The van der Waals surface area contributed by atoms with E-state index in [0.29, 0.717) is 24.4 Å². The molecule has 0 atom stereocenters. The minimum absolute atomic E-state index is 0.106. The number of aryl methyl sites for hydroxylation is 1. The van der Waals surface area contributed by atoms with Crippen molar-refractivity contribution in [2.45, 2.75) is 27.2 Å². The first-order valence-electron chi connectivity index (χ1n) is 5.86. The van der Waals surface area contributed by atoms with Crippen LogP contribution in [-0.2, 0) is 0 Å². The highest BCUT2D eigenvalue weighted by molar-refractivity contribution is 6.08. The number of hydrogen-bond donors (Lipinski definition) is 0. The monoisotopic (exact) mass is 232 g/mol. The standard InChI is InChI=1S/C14H16O3/c1-4-12(15)14-9(3)17-13-7-6-10(16-5-2)8-11(13)14/h6-8H,4-5H2,1-3H3. The molecule has 0 saturated carbocycles. The van der Waals surface area contributed by atoms with Crippen molar-refractivity contribution in [3.63, 3.8) is 0 Å². The predicted octanol–water partition coefficient (Wildman–Crippen LogP) is 3.73. The Kier molecular flexibility index (Phi) is 3.18. The summed E-state index contributed by atoms with van der Waals surface area (Å²) in [5.74, 6) is 1.56. The molecule has 1 heterocycles. The number of fused-ring (bicyclic) bond motifs is 1. The molecule has 0 saturated heterocycles. The highest BCUT2D eigenvalue weighted by atomic mass is 16.5. The normalized spacial score (nSPS) is 10.8. The number of Topliss-reactive ketones (excluding diaryl/α,β-unsaturated/α-hetero) is 1. The minimum atomic E-state index is 0.106. The molecule has 0 bridgehead atoms. The molecule has 3 heteroatoms. The lowest BCUT2D eigenvalue weighted by Crippen LogP contribution is -1.97. The molecule has 0 aliphatic rings. The van der Waals surface area contributed by atoms with Gasteiger partial charge in [-0.1, -0.05) is 6.92 Å². The van der Waals surface area contributed by atoms with E-state index in [1.807, 2.05) is 39.0 Å². The summed E-state index contributed by atoms with van der Waals surface area (Å²) in [6, 6.07) is 5.58. The Morgan fingerprint density at radius 1 is 1.35 bits per heavy atom. The van der Waals surface area contributed by atoms with Crippen LogP contribution in [0.2, 0.25) is 0 Å². The summed E-state index contributed by atoms with van der Waals surface area (Å²) in [6.45, 7) is 6.22. The molecule has 0 unspecified atom stereocenters. The van der Waals surface area contributed by atoms with Crippen LogP contribution in [0.25, 0.3) is 11.0 Å². The van der Waals surface area contributed by atoms with Gasteiger partial charge >= 0.3 is 0 Å². The Labute approximate surface area is 100 Å². The molecule has 0 N–H and O–H groups in total. The average molecular weight is 232 g/mol. The summed E-state index contributed by atoms with van der Waals surface area (Å²) in [6.07, 6.45) is 0.480. The fraction of sp³-hybridized carbons (Fsp3) is 0.357. The second-order valence-corrected chi connectivity index (χ2v) is 3.90. The van der Waals surface area contributed by atoms with E-state index < -0.39 is 0 Å². The van der Waals surface area contributed by atoms with E-state index in [0.717, 1.165) is 16.7 Å². The van der Waals surface area contributed by atoms with Gasteiger partial charge in [0.05, 0.1) is 12.2 Å². The molecule has 0 aliphatic carbocycles. The fourth-order valence-corrected chi connectivity index (χ4v) is 1.98. The molecule has 2 aromatic rings. The number of carbonyl (C=O) groups excluding carboxylic acids is 1. The summed E-state index contributed by atoms with van der Waals surface area (Å²) in [5, 5.41) is 0.848. The van der Waals surface area contributed by atoms with Crippen LogP contribution in [0.5, 0.6) is 5.75 Å². The highest BCUT2D eigenvalue weighted by Crippen LogP contribution is 2.29. The molecule has 0 aliphatic heterocycles. The molecule has 1 aromatic heterocycles. The second kappa shape index (κ2) is 4.62. The van der Waals surface area contributed by atoms with Crippen LogP contribution in [0.4, 0.5) is 0 Å². The molecule has 2 rings (SSSR count). The molecule has 0 spiro atoms. The van der Waals surface area contributed by atoms with Crippen molar-refractivity contribution in [2.75, 3.05) is 6.61 Å². The van der Waals surface area contributed by atoms with Gasteiger partial charge in [0.15, 0.2) is 5.78 Å². The van der Waals surface area contributed by atoms with Crippen LogP contribution in [0.15, 0.2) is 22.6 Å². The summed E-state index contributed by atoms with van der Waals surface area (Å²) in [7, 11) is 0. The van der Waals surface area contributed by atoms with Gasteiger partial charge in [-0.3, -0.25) is 4.79 Å². The van der Waals surface area contributed by atoms with Gasteiger partial charge in [-0.05, 0) is 32.0 Å². The maximum Gasteiger partial charge on any atom is 0.166 e. The van der Waals surface area contributed by atoms with Crippen LogP contribution < -0.4 is 4.74 Å². The third-order valence-corrected chi connectivity index (χ3v) is 2.75. The number of hydrogen-bond acceptors (Lipinski definition) is 3. The molecule has 17 heavy (non-hydrogen) atoms. The van der Waals surface area contributed by atoms with E-state index in [9.17, 15) is 4.79 Å². The van der Waals surface area contributed by atoms with Gasteiger partial charge in [0, 0.05) is 11.8 Å². The number of furan rings is 1. The molecule has 1 aromatic carbocycles. The van der Waals surface area contributed by atoms with Gasteiger partial charge in [0.2, 0.25) is 0 Å². The molecule has 90 valence electrons. The van der Waals surface area contributed by atoms with Gasteiger partial charge < -0.3 is 9.15 Å². The zero-order chi connectivity index (χ0) is 12.4. The first kappa shape index (κ1) is 11.7. The number of carbonyl (C=O) groups is 1. The summed E-state index contributed by atoms with van der Waals surface area (Å²) < 4.78 is 11.0. The number of rotatable bonds is 4. The molecular weight excluding hydrogens is 216 g/mol. The Balaban J connectivity index is 2.60. The van der Waals surface area contributed by atoms with E-state index in [1.54, 1.807) is 0 Å². The molecule has 0 fully saturated rings. The first-order valence-corrected chi connectivity index (χ1v) is 5.86. The van der Waals surface area contributed by atoms with Crippen molar-refractivity contribution in [2.24, 2.45) is 0 Å². The van der Waals surface area contributed by atoms with Crippen LogP contribution in [0.1, 0.15) is 36.4 Å². The van der Waals surface area contributed by atoms with Gasteiger partial charge in [0.25, 0.3) is 0 Å². The fourth-order valence-electron chi connectivity index (χ4n) is 1.98. The van der Waals surface area contributed by atoms with E-state index in [1.165, 1.54) is 0 Å². The van der Waals surface area contributed by atoms with Crippen molar-refractivity contribution >= 4 is 16.8 Å². The predicted molar refractivity (Wildman–Crippen MR) is 66.7 cm³/mol. The Hall–Kier alpha value is -1.77. The Morgan fingerprint density at radius 3 is 2.76 bits per heavy atom. The van der Waals surface area contributed by atoms with Gasteiger partial charge in [-0.25, -0.2) is 0 Å². The Morgan fingerprint density at radius 2 is 2.12 bits per heavy atom. The number of ether oxygens (including phenoxy) is 1. The highest BCUT2D eigenvalue weighted by Gasteiger charge is 2.17. The van der Waals surface area contributed by atoms with E-state index in [-0.39, 0.29) is 5.78 Å². The lowest BCUT2D eigenvalue weighted by Gasteiger charge is -2.02. The van der Waals surface area contributed by atoms with Crippen LogP contribution in [0, 0.1) is 6.92 Å². The van der Waals surface area contributed by atoms with Crippen molar-refractivity contribution in [3.05, 3.63) is 29.5 Å². The van der Waals surface area contributed by atoms with Gasteiger partial charge in [0.1, 0.15) is 17.1 Å². The third kappa shape index (κ3) is 2.05. The van der Waals surface area contributed by atoms with Crippen LogP contribution in [-0.4, -0.2) is 12.4 Å². The molecule has 0 radical (unpaired) electrons. The Bertz CT molecular complexity index is 552. The molecule has 3 nitrogen and oxygen atoms in total. The third-order valence-electron chi connectivity index (χ3n) is 2.75. The summed E-state index contributed by atoms with van der Waals surface area (Å²) in [5.41, 5.74) is 1.42. The number of benzene rings is 1. The quantitative estimate of drug-likeness (QED) is 0.754. The molecular formula is C14H16O3. The largest absolute Gasteiger partial charge is 0.494 e. The first-order chi connectivity index (χ1) is 8.17. The lowest BCUT2D eigenvalue weighted by atomic mass is 10.1. The van der Waals surface area contributed by atoms with Crippen molar-refractivity contribution in [1.82, 2.24) is 0 Å². The minimum Gasteiger partial charge on any atom is -0.494 e. The average Bonchev–Trinajstić information content (AvgIpc) is 2.64. The maximum absolute atomic E-state index is 11.9. The van der Waals surface area contributed by atoms with Gasteiger partial charge in [-0.15, -0.1) is 0 Å². The van der Waals surface area contributed by atoms with Gasteiger partial charge in [-0.2, -0.15) is 0 Å².